The largest absolute Gasteiger partial charge is 0.285 e. The van der Waals surface area contributed by atoms with Crippen molar-refractivity contribution in [1.29, 1.82) is 0 Å². The fraction of sp³-hybridized carbons (Fsp3) is 0.462. The minimum Gasteiger partial charge on any atom is -0.285 e. The van der Waals surface area contributed by atoms with Crippen molar-refractivity contribution in [2.45, 2.75) is 37.4 Å². The zero-order valence-corrected chi connectivity index (χ0v) is 10.5. The van der Waals surface area contributed by atoms with Crippen LogP contribution in [0.1, 0.15) is 31.2 Å². The minimum atomic E-state index is -3.93. The third kappa shape index (κ3) is 3.30. The first-order valence-corrected chi connectivity index (χ1v) is 7.42. The maximum atomic E-state index is 11.3. The lowest BCUT2D eigenvalue weighted by molar-refractivity contribution is 0.434. The lowest BCUT2D eigenvalue weighted by Gasteiger charge is -2.28. The van der Waals surface area contributed by atoms with Crippen LogP contribution < -0.4 is 0 Å². The molecular weight excluding hydrogens is 236 g/mol. The molecular formula is C13H17O3S. The van der Waals surface area contributed by atoms with E-state index in [-0.39, 0.29) is 0 Å². The zero-order chi connectivity index (χ0) is 12.3. The average Bonchev–Trinajstić information content (AvgIpc) is 2.30. The molecule has 1 aliphatic rings. The Morgan fingerprint density at radius 3 is 2.53 bits per heavy atom. The number of rotatable bonds is 3. The highest BCUT2D eigenvalue weighted by Crippen LogP contribution is 2.33. The van der Waals surface area contributed by atoms with E-state index in [0.717, 1.165) is 30.7 Å². The van der Waals surface area contributed by atoms with Gasteiger partial charge in [0.05, 0.1) is 5.25 Å². The highest BCUT2D eigenvalue weighted by molar-refractivity contribution is 7.86. The van der Waals surface area contributed by atoms with Crippen LogP contribution in [0.4, 0.5) is 0 Å². The number of benzene rings is 1. The molecule has 93 valence electrons. The Hall–Kier alpha value is -0.870. The third-order valence-electron chi connectivity index (χ3n) is 3.30. The first-order chi connectivity index (χ1) is 8.07. The van der Waals surface area contributed by atoms with E-state index in [1.807, 2.05) is 30.3 Å². The number of hydrogen-bond donors (Lipinski definition) is 1. The van der Waals surface area contributed by atoms with Crippen molar-refractivity contribution in [3.63, 3.8) is 0 Å². The first kappa shape index (κ1) is 12.6. The van der Waals surface area contributed by atoms with Gasteiger partial charge in [-0.05, 0) is 24.8 Å². The molecule has 0 aliphatic heterocycles. The van der Waals surface area contributed by atoms with Crippen molar-refractivity contribution in [3.8, 4) is 0 Å². The van der Waals surface area contributed by atoms with Crippen molar-refractivity contribution >= 4 is 10.1 Å². The van der Waals surface area contributed by atoms with Crippen molar-refractivity contribution in [2.24, 2.45) is 0 Å². The van der Waals surface area contributed by atoms with E-state index in [4.69, 9.17) is 0 Å². The summed E-state index contributed by atoms with van der Waals surface area (Å²) in [5.41, 5.74) is 1.11. The van der Waals surface area contributed by atoms with Crippen LogP contribution in [-0.2, 0) is 16.5 Å². The summed E-state index contributed by atoms with van der Waals surface area (Å²) in [4.78, 5) is 0. The highest BCUT2D eigenvalue weighted by atomic mass is 32.2. The molecule has 1 aromatic rings. The molecule has 1 unspecified atom stereocenters. The fourth-order valence-corrected chi connectivity index (χ4v) is 3.55. The molecule has 0 heterocycles. The minimum absolute atomic E-state index is 0.557. The second-order valence-electron chi connectivity index (χ2n) is 4.57. The van der Waals surface area contributed by atoms with Crippen LogP contribution >= 0.6 is 0 Å². The van der Waals surface area contributed by atoms with E-state index in [1.165, 1.54) is 0 Å². The molecule has 0 saturated heterocycles. The molecule has 1 aromatic carbocycles. The summed E-state index contributed by atoms with van der Waals surface area (Å²) >= 11 is 0. The lowest BCUT2D eigenvalue weighted by Crippen LogP contribution is -2.32. The average molecular weight is 253 g/mol. The van der Waals surface area contributed by atoms with Gasteiger partial charge < -0.3 is 0 Å². The molecule has 1 fully saturated rings. The predicted molar refractivity (Wildman–Crippen MR) is 67.2 cm³/mol. The van der Waals surface area contributed by atoms with Gasteiger partial charge in [-0.15, -0.1) is 0 Å². The molecule has 1 radical (unpaired) electrons. The molecule has 17 heavy (non-hydrogen) atoms. The van der Waals surface area contributed by atoms with E-state index in [0.29, 0.717) is 12.8 Å². The highest BCUT2D eigenvalue weighted by Gasteiger charge is 2.34. The molecule has 0 amide bonds. The summed E-state index contributed by atoms with van der Waals surface area (Å²) in [7, 11) is -3.93. The van der Waals surface area contributed by atoms with Gasteiger partial charge in [0, 0.05) is 5.92 Å². The molecule has 1 N–H and O–H groups in total. The maximum absolute atomic E-state index is 11.3. The molecule has 1 saturated carbocycles. The molecule has 3 nitrogen and oxygen atoms in total. The van der Waals surface area contributed by atoms with Crippen LogP contribution in [0.25, 0.3) is 0 Å². The maximum Gasteiger partial charge on any atom is 0.268 e. The Balaban J connectivity index is 2.13. The summed E-state index contributed by atoms with van der Waals surface area (Å²) in [6.07, 6.45) is 3.92. The molecule has 0 aromatic heterocycles. The van der Waals surface area contributed by atoms with E-state index in [9.17, 15) is 13.0 Å². The monoisotopic (exact) mass is 253 g/mol. The Kier molecular flexibility index (Phi) is 3.84. The van der Waals surface area contributed by atoms with E-state index >= 15 is 0 Å². The van der Waals surface area contributed by atoms with Gasteiger partial charge in [-0.2, -0.15) is 8.42 Å². The third-order valence-corrected chi connectivity index (χ3v) is 4.59. The van der Waals surface area contributed by atoms with Crippen LogP contribution in [0.2, 0.25) is 0 Å². The van der Waals surface area contributed by atoms with Gasteiger partial charge in [-0.25, -0.2) is 0 Å². The predicted octanol–water partition coefficient (Wildman–Crippen LogP) is 2.63. The van der Waals surface area contributed by atoms with Crippen LogP contribution in [-0.4, -0.2) is 18.2 Å². The quantitative estimate of drug-likeness (QED) is 0.842. The number of hydrogen-bond acceptors (Lipinski definition) is 2. The van der Waals surface area contributed by atoms with Gasteiger partial charge in [-0.3, -0.25) is 4.55 Å². The lowest BCUT2D eigenvalue weighted by atomic mass is 9.84. The Morgan fingerprint density at radius 2 is 1.88 bits per heavy atom. The summed E-state index contributed by atoms with van der Waals surface area (Å²) in [6.45, 7) is 0. The second-order valence-corrected chi connectivity index (χ2v) is 6.17. The fourth-order valence-electron chi connectivity index (χ4n) is 2.47. The van der Waals surface area contributed by atoms with Gasteiger partial charge in [0.15, 0.2) is 0 Å². The Bertz CT molecular complexity index is 453. The van der Waals surface area contributed by atoms with Crippen molar-refractivity contribution in [3.05, 3.63) is 41.8 Å². The van der Waals surface area contributed by atoms with Crippen LogP contribution in [0, 0.1) is 5.92 Å². The summed E-state index contributed by atoms with van der Waals surface area (Å²) in [5.74, 6) is 0.949. The second kappa shape index (κ2) is 5.19. The molecule has 1 aliphatic carbocycles. The van der Waals surface area contributed by atoms with E-state index in [2.05, 4.69) is 0 Å². The van der Waals surface area contributed by atoms with Crippen LogP contribution in [0.15, 0.2) is 30.3 Å². The SMILES string of the molecule is O=S(=O)(O)C1CCCC[C]1Cc1ccccc1. The smallest absolute Gasteiger partial charge is 0.268 e. The summed E-state index contributed by atoms with van der Waals surface area (Å²) < 4.78 is 31.9. The van der Waals surface area contributed by atoms with Gasteiger partial charge in [0.1, 0.15) is 0 Å². The van der Waals surface area contributed by atoms with Crippen LogP contribution in [0.3, 0.4) is 0 Å². The first-order valence-electron chi connectivity index (χ1n) is 5.92. The van der Waals surface area contributed by atoms with Gasteiger partial charge in [-0.1, -0.05) is 43.2 Å². The molecule has 0 bridgehead atoms. The van der Waals surface area contributed by atoms with Crippen molar-refractivity contribution in [1.82, 2.24) is 0 Å². The molecule has 2 rings (SSSR count). The van der Waals surface area contributed by atoms with Gasteiger partial charge in [0.25, 0.3) is 10.1 Å². The van der Waals surface area contributed by atoms with Crippen molar-refractivity contribution < 1.29 is 13.0 Å². The van der Waals surface area contributed by atoms with E-state index in [1.54, 1.807) is 0 Å². The van der Waals surface area contributed by atoms with E-state index < -0.39 is 15.4 Å². The van der Waals surface area contributed by atoms with Crippen LogP contribution in [0.5, 0.6) is 0 Å². The Morgan fingerprint density at radius 1 is 1.18 bits per heavy atom. The normalized spacial score (nSPS) is 22.5. The summed E-state index contributed by atoms with van der Waals surface area (Å²) in [5, 5.41) is -0.656. The zero-order valence-electron chi connectivity index (χ0n) is 9.67. The molecule has 0 spiro atoms. The molecule has 4 heteroatoms. The molecule has 1 atom stereocenters. The van der Waals surface area contributed by atoms with Gasteiger partial charge >= 0.3 is 0 Å². The Labute approximate surface area is 103 Å². The van der Waals surface area contributed by atoms with Crippen molar-refractivity contribution in [2.75, 3.05) is 0 Å². The van der Waals surface area contributed by atoms with Gasteiger partial charge in [0.2, 0.25) is 0 Å². The summed E-state index contributed by atoms with van der Waals surface area (Å²) in [6, 6.07) is 9.81. The standard InChI is InChI=1S/C13H17O3S/c14-17(15,16)13-9-5-4-8-12(13)10-11-6-2-1-3-7-11/h1-3,6-7,13H,4-5,8-10H2,(H,14,15,16). The topological polar surface area (TPSA) is 54.4 Å².